The van der Waals surface area contributed by atoms with Crippen LogP contribution in [-0.4, -0.2) is 21.3 Å². The summed E-state index contributed by atoms with van der Waals surface area (Å²) < 4.78 is 1.80. The number of hydrogen-bond acceptors (Lipinski definition) is 3. The molecule has 0 bridgehead atoms. The lowest BCUT2D eigenvalue weighted by atomic mass is 10.2. The van der Waals surface area contributed by atoms with Crippen LogP contribution in [0.5, 0.6) is 0 Å². The first-order valence-corrected chi connectivity index (χ1v) is 7.94. The van der Waals surface area contributed by atoms with E-state index in [1.54, 1.807) is 4.68 Å². The number of carbonyl (C=O) groups is 1. The van der Waals surface area contributed by atoms with E-state index in [1.165, 1.54) is 12.8 Å². The van der Waals surface area contributed by atoms with Crippen molar-refractivity contribution >= 4 is 30.0 Å². The fourth-order valence-corrected chi connectivity index (χ4v) is 2.32. The van der Waals surface area contributed by atoms with Crippen LogP contribution in [0.4, 0.5) is 0 Å². The number of nitrogens with zero attached hydrogens (tertiary/aromatic N) is 3. The minimum Gasteiger partial charge on any atom is -0.296 e. The lowest BCUT2D eigenvalue weighted by Gasteiger charge is -2.03. The highest BCUT2D eigenvalue weighted by atomic mass is 35.5. The second-order valence-corrected chi connectivity index (χ2v) is 5.58. The van der Waals surface area contributed by atoms with E-state index in [0.29, 0.717) is 10.7 Å². The Kier molecular flexibility index (Phi) is 6.34. The molecule has 5 heteroatoms. The first-order chi connectivity index (χ1) is 10.7. The minimum atomic E-state index is 0.376. The number of aryl methyl sites for hydroxylation is 1. The van der Waals surface area contributed by atoms with Crippen LogP contribution in [-0.2, 0) is 6.54 Å². The Labute approximate surface area is 135 Å². The average Bonchev–Trinajstić information content (AvgIpc) is 2.93. The van der Waals surface area contributed by atoms with E-state index in [0.717, 1.165) is 36.9 Å². The Hall–Kier alpha value is -1.94. The molecule has 0 fully saturated rings. The van der Waals surface area contributed by atoms with Gasteiger partial charge in [0.1, 0.15) is 0 Å². The second-order valence-electron chi connectivity index (χ2n) is 5.15. The van der Waals surface area contributed by atoms with E-state index in [4.69, 9.17) is 11.6 Å². The molecule has 2 rings (SSSR count). The van der Waals surface area contributed by atoms with Gasteiger partial charge in [0.2, 0.25) is 0 Å². The number of benzene rings is 1. The van der Waals surface area contributed by atoms with Gasteiger partial charge in [-0.25, -0.2) is 4.68 Å². The number of aldehydes is 1. The van der Waals surface area contributed by atoms with Crippen LogP contribution in [0.25, 0.3) is 12.2 Å². The van der Waals surface area contributed by atoms with Gasteiger partial charge in [0.05, 0.1) is 5.69 Å². The van der Waals surface area contributed by atoms with E-state index in [-0.39, 0.29) is 0 Å². The first kappa shape index (κ1) is 16.4. The standard InChI is InChI=1S/C17H20ClN3O/c1-2-3-4-5-12-21-17(16(13-22)19-20-21)11-8-14-6-9-15(18)10-7-14/h6-11,13H,2-5,12H2,1H3/b11-8+. The van der Waals surface area contributed by atoms with Crippen LogP contribution >= 0.6 is 11.6 Å². The molecule has 116 valence electrons. The quantitative estimate of drug-likeness (QED) is 0.532. The molecule has 4 nitrogen and oxygen atoms in total. The summed E-state index contributed by atoms with van der Waals surface area (Å²) in [6.07, 6.45) is 9.17. The van der Waals surface area contributed by atoms with E-state index >= 15 is 0 Å². The van der Waals surface area contributed by atoms with Crippen molar-refractivity contribution in [2.75, 3.05) is 0 Å². The van der Waals surface area contributed by atoms with Crippen LogP contribution < -0.4 is 0 Å². The van der Waals surface area contributed by atoms with Crippen LogP contribution in [0.1, 0.15) is 54.4 Å². The summed E-state index contributed by atoms with van der Waals surface area (Å²) in [6.45, 7) is 2.96. The zero-order chi connectivity index (χ0) is 15.8. The number of unbranched alkanes of at least 4 members (excludes halogenated alkanes) is 3. The van der Waals surface area contributed by atoms with E-state index in [2.05, 4.69) is 17.2 Å². The third-order valence-electron chi connectivity index (χ3n) is 3.44. The largest absolute Gasteiger partial charge is 0.296 e. The van der Waals surface area contributed by atoms with Gasteiger partial charge in [0.15, 0.2) is 12.0 Å². The van der Waals surface area contributed by atoms with E-state index in [1.807, 2.05) is 36.4 Å². The van der Waals surface area contributed by atoms with Crippen LogP contribution in [0.15, 0.2) is 24.3 Å². The topological polar surface area (TPSA) is 47.8 Å². The summed E-state index contributed by atoms with van der Waals surface area (Å²) in [5.74, 6) is 0. The summed E-state index contributed by atoms with van der Waals surface area (Å²) in [5.41, 5.74) is 2.14. The number of aromatic nitrogens is 3. The number of hydrogen-bond donors (Lipinski definition) is 0. The number of rotatable bonds is 8. The third-order valence-corrected chi connectivity index (χ3v) is 3.69. The highest BCUT2D eigenvalue weighted by Crippen LogP contribution is 2.14. The maximum atomic E-state index is 11.1. The van der Waals surface area contributed by atoms with Gasteiger partial charge in [0.25, 0.3) is 0 Å². The SMILES string of the molecule is CCCCCCn1nnc(C=O)c1/C=C/c1ccc(Cl)cc1. The zero-order valence-electron chi connectivity index (χ0n) is 12.7. The van der Waals surface area contributed by atoms with Crippen LogP contribution in [0, 0.1) is 0 Å². The molecular formula is C17H20ClN3O. The molecule has 2 aromatic rings. The molecule has 0 atom stereocenters. The van der Waals surface area contributed by atoms with E-state index < -0.39 is 0 Å². The molecule has 0 saturated carbocycles. The molecule has 0 spiro atoms. The smallest absolute Gasteiger partial charge is 0.172 e. The molecule has 0 unspecified atom stereocenters. The molecule has 1 aromatic heterocycles. The summed E-state index contributed by atoms with van der Waals surface area (Å²) in [4.78, 5) is 11.1. The molecular weight excluding hydrogens is 298 g/mol. The maximum Gasteiger partial charge on any atom is 0.172 e. The Bertz CT molecular complexity index is 632. The van der Waals surface area contributed by atoms with Crippen molar-refractivity contribution in [2.45, 2.75) is 39.2 Å². The monoisotopic (exact) mass is 317 g/mol. The molecule has 1 heterocycles. The van der Waals surface area contributed by atoms with Crippen LogP contribution in [0.2, 0.25) is 5.02 Å². The first-order valence-electron chi connectivity index (χ1n) is 7.57. The molecule has 0 saturated heterocycles. The van der Waals surface area contributed by atoms with Crippen molar-refractivity contribution in [1.29, 1.82) is 0 Å². The van der Waals surface area contributed by atoms with Crippen molar-refractivity contribution in [3.05, 3.63) is 46.2 Å². The molecule has 0 amide bonds. The van der Waals surface area contributed by atoms with Crippen molar-refractivity contribution in [2.24, 2.45) is 0 Å². The van der Waals surface area contributed by atoms with Gasteiger partial charge in [-0.05, 0) is 30.2 Å². The average molecular weight is 318 g/mol. The van der Waals surface area contributed by atoms with Crippen molar-refractivity contribution in [3.8, 4) is 0 Å². The Morgan fingerprint density at radius 1 is 1.14 bits per heavy atom. The lowest BCUT2D eigenvalue weighted by molar-refractivity contribution is 0.111. The van der Waals surface area contributed by atoms with Crippen molar-refractivity contribution in [3.63, 3.8) is 0 Å². The molecule has 0 aliphatic carbocycles. The summed E-state index contributed by atoms with van der Waals surface area (Å²) in [7, 11) is 0. The van der Waals surface area contributed by atoms with Gasteiger partial charge in [-0.1, -0.05) is 61.2 Å². The van der Waals surface area contributed by atoms with Gasteiger partial charge in [-0.2, -0.15) is 0 Å². The molecule has 0 radical (unpaired) electrons. The van der Waals surface area contributed by atoms with Crippen LogP contribution in [0.3, 0.4) is 0 Å². The Balaban J connectivity index is 2.12. The molecule has 0 aliphatic rings. The van der Waals surface area contributed by atoms with Crippen molar-refractivity contribution in [1.82, 2.24) is 15.0 Å². The van der Waals surface area contributed by atoms with Crippen molar-refractivity contribution < 1.29 is 4.79 Å². The Morgan fingerprint density at radius 3 is 2.59 bits per heavy atom. The third kappa shape index (κ3) is 4.53. The molecule has 0 aliphatic heterocycles. The summed E-state index contributed by atoms with van der Waals surface area (Å²) in [5, 5.41) is 8.71. The highest BCUT2D eigenvalue weighted by molar-refractivity contribution is 6.30. The zero-order valence-corrected chi connectivity index (χ0v) is 13.5. The van der Waals surface area contributed by atoms with Gasteiger partial charge in [-0.3, -0.25) is 4.79 Å². The summed E-state index contributed by atoms with van der Waals surface area (Å²) in [6, 6.07) is 7.52. The lowest BCUT2D eigenvalue weighted by Crippen LogP contribution is -2.03. The molecule has 0 N–H and O–H groups in total. The molecule has 1 aromatic carbocycles. The van der Waals surface area contributed by atoms with Gasteiger partial charge < -0.3 is 0 Å². The molecule has 22 heavy (non-hydrogen) atoms. The fourth-order valence-electron chi connectivity index (χ4n) is 2.19. The normalized spacial score (nSPS) is 11.2. The predicted molar refractivity (Wildman–Crippen MR) is 89.9 cm³/mol. The Morgan fingerprint density at radius 2 is 1.91 bits per heavy atom. The second kappa shape index (κ2) is 8.49. The number of carbonyl (C=O) groups excluding carboxylic acids is 1. The number of halogens is 1. The minimum absolute atomic E-state index is 0.376. The fraction of sp³-hybridized carbons (Fsp3) is 0.353. The predicted octanol–water partition coefficient (Wildman–Crippen LogP) is 4.49. The van der Waals surface area contributed by atoms with Gasteiger partial charge >= 0.3 is 0 Å². The van der Waals surface area contributed by atoms with E-state index in [9.17, 15) is 4.79 Å². The van der Waals surface area contributed by atoms with Gasteiger partial charge in [-0.15, -0.1) is 5.10 Å². The maximum absolute atomic E-state index is 11.1. The van der Waals surface area contributed by atoms with Gasteiger partial charge in [0, 0.05) is 11.6 Å². The highest BCUT2D eigenvalue weighted by Gasteiger charge is 2.09. The summed E-state index contributed by atoms with van der Waals surface area (Å²) >= 11 is 5.87.